The standard InChI is InChI=1S/C16H18ClN5O3S/c1-8-14(9(2)22(3)21-8)25-13-4-10(17)5-18-15(13)20-16-19-11(7-26-16)12(24)6-23/h4-5,7,12,23-24H,6H2,1-3H3,(H,18,19,20). The van der Waals surface area contributed by atoms with Crippen LogP contribution in [0, 0.1) is 13.8 Å². The van der Waals surface area contributed by atoms with Crippen molar-refractivity contribution < 1.29 is 14.9 Å². The summed E-state index contributed by atoms with van der Waals surface area (Å²) in [6, 6.07) is 1.65. The van der Waals surface area contributed by atoms with E-state index in [2.05, 4.69) is 20.4 Å². The Morgan fingerprint density at radius 3 is 2.85 bits per heavy atom. The van der Waals surface area contributed by atoms with Crippen LogP contribution in [-0.2, 0) is 7.05 Å². The monoisotopic (exact) mass is 395 g/mol. The lowest BCUT2D eigenvalue weighted by Crippen LogP contribution is -2.03. The van der Waals surface area contributed by atoms with Gasteiger partial charge in [0, 0.05) is 24.7 Å². The molecule has 0 aromatic carbocycles. The molecule has 3 aromatic rings. The van der Waals surface area contributed by atoms with Crippen molar-refractivity contribution in [3.63, 3.8) is 0 Å². The molecule has 8 nitrogen and oxygen atoms in total. The minimum Gasteiger partial charge on any atom is -0.450 e. The largest absolute Gasteiger partial charge is 0.450 e. The summed E-state index contributed by atoms with van der Waals surface area (Å²) in [6.07, 6.45) is 0.480. The molecule has 3 rings (SSSR count). The number of ether oxygens (including phenoxy) is 1. The number of nitrogens with zero attached hydrogens (tertiary/aromatic N) is 4. The zero-order chi connectivity index (χ0) is 18.8. The molecule has 0 radical (unpaired) electrons. The molecule has 3 N–H and O–H groups in total. The second-order valence-corrected chi connectivity index (χ2v) is 6.92. The van der Waals surface area contributed by atoms with Gasteiger partial charge in [-0.3, -0.25) is 4.68 Å². The summed E-state index contributed by atoms with van der Waals surface area (Å²) in [4.78, 5) is 8.51. The van der Waals surface area contributed by atoms with Crippen molar-refractivity contribution in [3.8, 4) is 11.5 Å². The molecule has 3 heterocycles. The molecule has 3 aromatic heterocycles. The first kappa shape index (κ1) is 18.6. The van der Waals surface area contributed by atoms with Crippen molar-refractivity contribution >= 4 is 33.9 Å². The van der Waals surface area contributed by atoms with Crippen molar-refractivity contribution in [2.24, 2.45) is 7.05 Å². The van der Waals surface area contributed by atoms with Gasteiger partial charge < -0.3 is 20.3 Å². The quantitative estimate of drug-likeness (QED) is 0.588. The normalized spacial score (nSPS) is 12.2. The van der Waals surface area contributed by atoms with Crippen LogP contribution in [-0.4, -0.2) is 36.6 Å². The van der Waals surface area contributed by atoms with Crippen LogP contribution in [0.3, 0.4) is 0 Å². The van der Waals surface area contributed by atoms with Crippen molar-refractivity contribution in [3.05, 3.63) is 39.7 Å². The third-order valence-electron chi connectivity index (χ3n) is 3.74. The first-order valence-electron chi connectivity index (χ1n) is 7.74. The van der Waals surface area contributed by atoms with Crippen molar-refractivity contribution in [1.82, 2.24) is 19.7 Å². The van der Waals surface area contributed by atoms with Gasteiger partial charge in [0.1, 0.15) is 11.8 Å². The lowest BCUT2D eigenvalue weighted by atomic mass is 10.3. The van der Waals surface area contributed by atoms with Crippen LogP contribution in [0.2, 0.25) is 5.02 Å². The van der Waals surface area contributed by atoms with Gasteiger partial charge in [0.2, 0.25) is 0 Å². The summed E-state index contributed by atoms with van der Waals surface area (Å²) < 4.78 is 7.75. The molecule has 0 fully saturated rings. The molecule has 0 spiro atoms. The summed E-state index contributed by atoms with van der Waals surface area (Å²) in [5.41, 5.74) is 2.00. The number of aryl methyl sites for hydroxylation is 2. The maximum absolute atomic E-state index is 9.66. The molecule has 138 valence electrons. The number of hydrogen-bond donors (Lipinski definition) is 3. The highest BCUT2D eigenvalue weighted by molar-refractivity contribution is 7.13. The maximum Gasteiger partial charge on any atom is 0.188 e. The minimum absolute atomic E-state index is 0.385. The van der Waals surface area contributed by atoms with Crippen LogP contribution in [0.15, 0.2) is 17.6 Å². The lowest BCUT2D eigenvalue weighted by Gasteiger charge is -2.11. The van der Waals surface area contributed by atoms with E-state index in [9.17, 15) is 5.11 Å². The lowest BCUT2D eigenvalue weighted by molar-refractivity contribution is 0.0928. The molecule has 0 aliphatic heterocycles. The van der Waals surface area contributed by atoms with E-state index in [1.807, 2.05) is 20.9 Å². The van der Waals surface area contributed by atoms with Crippen LogP contribution in [0.5, 0.6) is 11.5 Å². The fourth-order valence-corrected chi connectivity index (χ4v) is 3.20. The fourth-order valence-electron chi connectivity index (χ4n) is 2.30. The summed E-state index contributed by atoms with van der Waals surface area (Å²) in [5, 5.41) is 28.7. The van der Waals surface area contributed by atoms with Gasteiger partial charge in [0.15, 0.2) is 22.4 Å². The summed E-state index contributed by atoms with van der Waals surface area (Å²) in [5.74, 6) is 1.49. The highest BCUT2D eigenvalue weighted by atomic mass is 35.5. The molecule has 0 aliphatic rings. The van der Waals surface area contributed by atoms with Crippen LogP contribution in [0.4, 0.5) is 10.9 Å². The van der Waals surface area contributed by atoms with Crippen LogP contribution < -0.4 is 10.1 Å². The van der Waals surface area contributed by atoms with Gasteiger partial charge in [-0.05, 0) is 13.8 Å². The second kappa shape index (κ2) is 7.58. The van der Waals surface area contributed by atoms with E-state index in [-0.39, 0.29) is 0 Å². The molecule has 0 bridgehead atoms. The summed E-state index contributed by atoms with van der Waals surface area (Å²) >= 11 is 7.35. The van der Waals surface area contributed by atoms with E-state index < -0.39 is 12.7 Å². The highest BCUT2D eigenvalue weighted by Crippen LogP contribution is 2.35. The molecular weight excluding hydrogens is 378 g/mol. The van der Waals surface area contributed by atoms with Crippen molar-refractivity contribution in [2.75, 3.05) is 11.9 Å². The van der Waals surface area contributed by atoms with Crippen LogP contribution in [0.1, 0.15) is 23.2 Å². The SMILES string of the molecule is Cc1nn(C)c(C)c1Oc1cc(Cl)cnc1Nc1nc(C(O)CO)cs1. The molecule has 10 heteroatoms. The van der Waals surface area contributed by atoms with Gasteiger partial charge in [-0.2, -0.15) is 5.10 Å². The fraction of sp³-hybridized carbons (Fsp3) is 0.312. The predicted molar refractivity (Wildman–Crippen MR) is 99.4 cm³/mol. The zero-order valence-corrected chi connectivity index (χ0v) is 16.0. The minimum atomic E-state index is -1.02. The van der Waals surface area contributed by atoms with E-state index in [1.54, 1.807) is 16.1 Å². The third-order valence-corrected chi connectivity index (χ3v) is 4.72. The van der Waals surface area contributed by atoms with E-state index in [0.29, 0.717) is 33.2 Å². The van der Waals surface area contributed by atoms with Crippen LogP contribution in [0.25, 0.3) is 0 Å². The van der Waals surface area contributed by atoms with E-state index >= 15 is 0 Å². The van der Waals surface area contributed by atoms with Gasteiger partial charge in [-0.1, -0.05) is 11.6 Å². The number of aromatic nitrogens is 4. The number of hydrogen-bond acceptors (Lipinski definition) is 8. The maximum atomic E-state index is 9.66. The first-order chi connectivity index (χ1) is 12.4. The number of thiazole rings is 1. The number of anilines is 2. The number of nitrogens with one attached hydrogen (secondary N) is 1. The third kappa shape index (κ3) is 3.80. The van der Waals surface area contributed by atoms with Gasteiger partial charge >= 0.3 is 0 Å². The molecule has 1 unspecified atom stereocenters. The van der Waals surface area contributed by atoms with E-state index in [4.69, 9.17) is 21.4 Å². The molecule has 26 heavy (non-hydrogen) atoms. The number of rotatable bonds is 6. The summed E-state index contributed by atoms with van der Waals surface area (Å²) in [7, 11) is 1.84. The van der Waals surface area contributed by atoms with E-state index in [1.165, 1.54) is 17.5 Å². The smallest absolute Gasteiger partial charge is 0.188 e. The molecule has 0 aliphatic carbocycles. The van der Waals surface area contributed by atoms with Crippen molar-refractivity contribution in [2.45, 2.75) is 20.0 Å². The number of pyridine rings is 1. The van der Waals surface area contributed by atoms with Crippen LogP contribution >= 0.6 is 22.9 Å². The Morgan fingerprint density at radius 1 is 1.42 bits per heavy atom. The average molecular weight is 396 g/mol. The number of halogens is 1. The van der Waals surface area contributed by atoms with Gasteiger partial charge in [-0.25, -0.2) is 9.97 Å². The molecule has 1 atom stereocenters. The predicted octanol–water partition coefficient (Wildman–Crippen LogP) is 3.10. The molecule has 0 saturated heterocycles. The Kier molecular flexibility index (Phi) is 5.42. The molecule has 0 amide bonds. The second-order valence-electron chi connectivity index (χ2n) is 5.63. The Hall–Kier alpha value is -2.20. The average Bonchev–Trinajstić information content (AvgIpc) is 3.17. The van der Waals surface area contributed by atoms with Gasteiger partial charge in [-0.15, -0.1) is 11.3 Å². The first-order valence-corrected chi connectivity index (χ1v) is 8.99. The summed E-state index contributed by atoms with van der Waals surface area (Å²) in [6.45, 7) is 3.37. The number of aliphatic hydroxyl groups is 2. The number of aliphatic hydroxyl groups excluding tert-OH is 2. The van der Waals surface area contributed by atoms with Gasteiger partial charge in [0.05, 0.1) is 23.0 Å². The zero-order valence-electron chi connectivity index (χ0n) is 14.4. The topological polar surface area (TPSA) is 105 Å². The van der Waals surface area contributed by atoms with Gasteiger partial charge in [0.25, 0.3) is 0 Å². The van der Waals surface area contributed by atoms with Crippen molar-refractivity contribution in [1.29, 1.82) is 0 Å². The highest BCUT2D eigenvalue weighted by Gasteiger charge is 2.17. The Labute approximate surface area is 159 Å². The van der Waals surface area contributed by atoms with E-state index in [0.717, 1.165) is 11.4 Å². The molecule has 0 saturated carbocycles. The molecular formula is C16H18ClN5O3S. The Balaban J connectivity index is 1.90. The Morgan fingerprint density at radius 2 is 2.19 bits per heavy atom. The Bertz CT molecular complexity index is 927.